The first-order valence-corrected chi connectivity index (χ1v) is 8.83. The average Bonchev–Trinajstić information content (AvgIpc) is 2.89. The summed E-state index contributed by atoms with van der Waals surface area (Å²) < 4.78 is 7.50. The fourth-order valence-electron chi connectivity index (χ4n) is 3.29. The molecule has 0 saturated carbocycles. The Kier molecular flexibility index (Phi) is 4.84. The normalized spacial score (nSPS) is 16.6. The predicted octanol–water partition coefficient (Wildman–Crippen LogP) is 2.02. The van der Waals surface area contributed by atoms with Gasteiger partial charge in [0.25, 0.3) is 5.91 Å². The number of aromatic nitrogens is 2. The third kappa shape index (κ3) is 3.55. The van der Waals surface area contributed by atoms with Crippen LogP contribution in [0, 0.1) is 13.8 Å². The van der Waals surface area contributed by atoms with Gasteiger partial charge in [-0.25, -0.2) is 4.98 Å². The van der Waals surface area contributed by atoms with Crippen LogP contribution in [0.4, 0.5) is 0 Å². The highest BCUT2D eigenvalue weighted by atomic mass is 16.5. The highest BCUT2D eigenvalue weighted by Gasteiger charge is 2.33. The van der Waals surface area contributed by atoms with Crippen molar-refractivity contribution in [1.29, 1.82) is 0 Å². The van der Waals surface area contributed by atoms with Crippen LogP contribution >= 0.6 is 0 Å². The Hall–Kier alpha value is -1.92. The molecule has 0 N–H and O–H groups in total. The minimum atomic E-state index is -0.752. The first kappa shape index (κ1) is 17.9. The summed E-state index contributed by atoms with van der Waals surface area (Å²) in [7, 11) is 1.59. The summed E-state index contributed by atoms with van der Waals surface area (Å²) in [6.07, 6.45) is 2.10. The van der Waals surface area contributed by atoms with Crippen molar-refractivity contribution in [3.8, 4) is 0 Å². The number of carbonyl (C=O) groups is 1. The van der Waals surface area contributed by atoms with E-state index < -0.39 is 5.60 Å². The number of hydrogen-bond donors (Lipinski definition) is 0. The van der Waals surface area contributed by atoms with Gasteiger partial charge in [0.2, 0.25) is 0 Å². The summed E-state index contributed by atoms with van der Waals surface area (Å²) in [5, 5.41) is 0. The Morgan fingerprint density at radius 2 is 1.92 bits per heavy atom. The standard InChI is InChI=1S/C19H28N4O2/c1-14-6-7-23-16(15(2)20-17(23)12-14)13-21-8-10-22(11-9-21)18(24)19(3,4)25-5/h6-7,12H,8-11,13H2,1-5H3. The van der Waals surface area contributed by atoms with Gasteiger partial charge < -0.3 is 14.0 Å². The van der Waals surface area contributed by atoms with E-state index in [4.69, 9.17) is 4.74 Å². The second kappa shape index (κ2) is 6.77. The van der Waals surface area contributed by atoms with Crippen LogP contribution in [0.5, 0.6) is 0 Å². The molecule has 1 amide bonds. The Labute approximate surface area is 149 Å². The van der Waals surface area contributed by atoms with Gasteiger partial charge in [0.1, 0.15) is 11.2 Å². The lowest BCUT2D eigenvalue weighted by atomic mass is 10.1. The molecule has 1 saturated heterocycles. The molecule has 2 aromatic rings. The molecule has 25 heavy (non-hydrogen) atoms. The van der Waals surface area contributed by atoms with E-state index in [1.165, 1.54) is 11.3 Å². The van der Waals surface area contributed by atoms with E-state index in [-0.39, 0.29) is 5.91 Å². The molecule has 1 aliphatic heterocycles. The van der Waals surface area contributed by atoms with Gasteiger partial charge in [-0.2, -0.15) is 0 Å². The number of methoxy groups -OCH3 is 1. The number of fused-ring (bicyclic) bond motifs is 1. The predicted molar refractivity (Wildman–Crippen MR) is 97.6 cm³/mol. The van der Waals surface area contributed by atoms with Crippen molar-refractivity contribution in [3.63, 3.8) is 0 Å². The van der Waals surface area contributed by atoms with E-state index in [1.807, 2.05) is 18.7 Å². The zero-order valence-electron chi connectivity index (χ0n) is 15.9. The lowest BCUT2D eigenvalue weighted by Gasteiger charge is -2.38. The van der Waals surface area contributed by atoms with E-state index in [1.54, 1.807) is 7.11 Å². The highest BCUT2D eigenvalue weighted by Crippen LogP contribution is 2.18. The number of aryl methyl sites for hydroxylation is 2. The van der Waals surface area contributed by atoms with Gasteiger partial charge in [0, 0.05) is 46.0 Å². The number of ether oxygens (including phenoxy) is 1. The maximum absolute atomic E-state index is 12.5. The Morgan fingerprint density at radius 3 is 2.56 bits per heavy atom. The summed E-state index contributed by atoms with van der Waals surface area (Å²) in [5.41, 5.74) is 3.77. The van der Waals surface area contributed by atoms with Gasteiger partial charge >= 0.3 is 0 Å². The maximum atomic E-state index is 12.5. The van der Waals surface area contributed by atoms with Crippen molar-refractivity contribution in [2.75, 3.05) is 33.3 Å². The molecular weight excluding hydrogens is 316 g/mol. The van der Waals surface area contributed by atoms with Crippen molar-refractivity contribution < 1.29 is 9.53 Å². The van der Waals surface area contributed by atoms with Crippen LogP contribution in [-0.4, -0.2) is 64.0 Å². The largest absolute Gasteiger partial charge is 0.369 e. The van der Waals surface area contributed by atoms with Gasteiger partial charge in [-0.1, -0.05) is 0 Å². The van der Waals surface area contributed by atoms with Crippen molar-refractivity contribution in [3.05, 3.63) is 35.3 Å². The quantitative estimate of drug-likeness (QED) is 0.851. The smallest absolute Gasteiger partial charge is 0.254 e. The van der Waals surface area contributed by atoms with Gasteiger partial charge in [0.05, 0.1) is 11.4 Å². The zero-order chi connectivity index (χ0) is 18.2. The Morgan fingerprint density at radius 1 is 1.24 bits per heavy atom. The lowest BCUT2D eigenvalue weighted by molar-refractivity contribution is -0.152. The zero-order valence-corrected chi connectivity index (χ0v) is 15.9. The Bertz CT molecular complexity index is 773. The highest BCUT2D eigenvalue weighted by molar-refractivity contribution is 5.84. The molecule has 0 bridgehead atoms. The fourth-order valence-corrected chi connectivity index (χ4v) is 3.29. The van der Waals surface area contributed by atoms with E-state index in [9.17, 15) is 4.79 Å². The van der Waals surface area contributed by atoms with Crippen molar-refractivity contribution in [2.24, 2.45) is 0 Å². The van der Waals surface area contributed by atoms with Crippen LogP contribution in [0.1, 0.15) is 30.8 Å². The number of nitrogens with zero attached hydrogens (tertiary/aromatic N) is 4. The average molecular weight is 344 g/mol. The summed E-state index contributed by atoms with van der Waals surface area (Å²) in [6.45, 7) is 11.9. The first-order chi connectivity index (χ1) is 11.8. The SMILES string of the molecule is COC(C)(C)C(=O)N1CCN(Cc2c(C)nc3cc(C)ccn23)CC1. The molecule has 3 heterocycles. The lowest BCUT2D eigenvalue weighted by Crippen LogP contribution is -2.54. The molecule has 1 fully saturated rings. The van der Waals surface area contributed by atoms with Crippen molar-refractivity contribution in [1.82, 2.24) is 19.2 Å². The molecule has 3 rings (SSSR count). The first-order valence-electron chi connectivity index (χ1n) is 8.83. The van der Waals surface area contributed by atoms with E-state index in [2.05, 4.69) is 46.5 Å². The number of hydrogen-bond acceptors (Lipinski definition) is 4. The molecule has 6 nitrogen and oxygen atoms in total. The van der Waals surface area contributed by atoms with E-state index >= 15 is 0 Å². The van der Waals surface area contributed by atoms with E-state index in [0.29, 0.717) is 0 Å². The van der Waals surface area contributed by atoms with Gasteiger partial charge in [-0.15, -0.1) is 0 Å². The molecule has 2 aromatic heterocycles. The second-order valence-electron chi connectivity index (χ2n) is 7.36. The van der Waals surface area contributed by atoms with Gasteiger partial charge in [-0.3, -0.25) is 9.69 Å². The number of piperazine rings is 1. The van der Waals surface area contributed by atoms with Crippen LogP contribution in [0.15, 0.2) is 18.3 Å². The van der Waals surface area contributed by atoms with Crippen LogP contribution in [0.2, 0.25) is 0 Å². The number of amides is 1. The number of carbonyl (C=O) groups excluding carboxylic acids is 1. The van der Waals surface area contributed by atoms with Gasteiger partial charge in [-0.05, 0) is 45.4 Å². The topological polar surface area (TPSA) is 50.1 Å². The van der Waals surface area contributed by atoms with Crippen LogP contribution < -0.4 is 0 Å². The summed E-state index contributed by atoms with van der Waals surface area (Å²) in [5.74, 6) is 0.0658. The van der Waals surface area contributed by atoms with Crippen LogP contribution in [0.25, 0.3) is 5.65 Å². The Balaban J connectivity index is 1.67. The number of imidazole rings is 1. The van der Waals surface area contributed by atoms with Crippen LogP contribution in [-0.2, 0) is 16.1 Å². The molecule has 0 atom stereocenters. The number of pyridine rings is 1. The fraction of sp³-hybridized carbons (Fsp3) is 0.579. The minimum absolute atomic E-state index is 0.0658. The number of rotatable bonds is 4. The molecule has 0 spiro atoms. The van der Waals surface area contributed by atoms with Crippen LogP contribution in [0.3, 0.4) is 0 Å². The van der Waals surface area contributed by atoms with E-state index in [0.717, 1.165) is 44.1 Å². The molecule has 0 aliphatic carbocycles. The molecule has 136 valence electrons. The molecule has 6 heteroatoms. The van der Waals surface area contributed by atoms with Crippen molar-refractivity contribution in [2.45, 2.75) is 39.8 Å². The molecular formula is C19H28N4O2. The molecule has 0 radical (unpaired) electrons. The summed E-state index contributed by atoms with van der Waals surface area (Å²) in [6, 6.07) is 4.22. The van der Waals surface area contributed by atoms with Crippen molar-refractivity contribution >= 4 is 11.6 Å². The maximum Gasteiger partial charge on any atom is 0.254 e. The third-order valence-electron chi connectivity index (χ3n) is 5.14. The summed E-state index contributed by atoms with van der Waals surface area (Å²) in [4.78, 5) is 21.5. The minimum Gasteiger partial charge on any atom is -0.369 e. The second-order valence-corrected chi connectivity index (χ2v) is 7.36. The summed E-state index contributed by atoms with van der Waals surface area (Å²) >= 11 is 0. The van der Waals surface area contributed by atoms with Gasteiger partial charge in [0.15, 0.2) is 0 Å². The monoisotopic (exact) mass is 344 g/mol. The molecule has 0 unspecified atom stereocenters. The molecule has 1 aliphatic rings. The third-order valence-corrected chi connectivity index (χ3v) is 5.14. The molecule has 0 aromatic carbocycles.